The molecule has 106 valence electrons. The van der Waals surface area contributed by atoms with Crippen molar-refractivity contribution in [1.82, 2.24) is 9.97 Å². The molecule has 1 aromatic heterocycles. The van der Waals surface area contributed by atoms with Gasteiger partial charge in [0.2, 0.25) is 0 Å². The second kappa shape index (κ2) is 15.5. The lowest BCUT2D eigenvalue weighted by atomic mass is 10.3. The molecule has 0 bridgehead atoms. The van der Waals surface area contributed by atoms with Gasteiger partial charge in [-0.25, -0.2) is 4.98 Å². The fraction of sp³-hybridized carbons (Fsp3) is 0. The summed E-state index contributed by atoms with van der Waals surface area (Å²) in [6.45, 7) is 0. The van der Waals surface area contributed by atoms with Crippen molar-refractivity contribution in [3.8, 4) is 0 Å². The number of hydrogen-bond donors (Lipinski definition) is 2. The number of fused-ring (bicyclic) bond motifs is 1. The fourth-order valence-electron chi connectivity index (χ4n) is 0.973. The number of nitrogens with one attached hydrogen (secondary N) is 1. The topological polar surface area (TPSA) is 149 Å². The molecule has 0 fully saturated rings. The molecule has 0 aliphatic heterocycles. The van der Waals surface area contributed by atoms with Gasteiger partial charge in [0.05, 0.1) is 11.0 Å². The minimum Gasteiger partial charge on any atom is -0.412 e. The van der Waals surface area contributed by atoms with Crippen LogP contribution in [0.1, 0.15) is 0 Å². The molecule has 0 saturated carbocycles. The highest BCUT2D eigenvalue weighted by Crippen LogP contribution is 2.10. The lowest BCUT2D eigenvalue weighted by molar-refractivity contribution is 0.823. The lowest BCUT2D eigenvalue weighted by Gasteiger charge is -1.81. The van der Waals surface area contributed by atoms with Crippen molar-refractivity contribution in [3.63, 3.8) is 0 Å². The average Bonchev–Trinajstić information content (AvgIpc) is 2.27. The van der Waals surface area contributed by atoms with Crippen LogP contribution in [0.4, 0.5) is 5.95 Å². The predicted octanol–water partition coefficient (Wildman–Crippen LogP) is 0.358. The summed E-state index contributed by atoms with van der Waals surface area (Å²) in [6, 6.07) is 7.74. The molecule has 0 aliphatic carbocycles. The molecule has 6 nitrogen and oxygen atoms in total. The Hall–Kier alpha value is -0.470. The molecule has 0 radical (unpaired) electrons. The quantitative estimate of drug-likeness (QED) is 0.716. The van der Waals surface area contributed by atoms with Gasteiger partial charge in [-0.05, 0) is 12.1 Å². The minimum atomic E-state index is 0. The Morgan fingerprint density at radius 3 is 1.82 bits per heavy atom. The van der Waals surface area contributed by atoms with Gasteiger partial charge in [0, 0.05) is 0 Å². The summed E-state index contributed by atoms with van der Waals surface area (Å²) in [6.07, 6.45) is 0. The Morgan fingerprint density at radius 2 is 1.35 bits per heavy atom. The summed E-state index contributed by atoms with van der Waals surface area (Å²) in [4.78, 5) is 6.96. The zero-order valence-electron chi connectivity index (χ0n) is 8.47. The van der Waals surface area contributed by atoms with E-state index in [1.54, 1.807) is 0 Å². The second-order valence-electron chi connectivity index (χ2n) is 2.14. The van der Waals surface area contributed by atoms with E-state index in [1.165, 1.54) is 0 Å². The van der Waals surface area contributed by atoms with Gasteiger partial charge in [0.25, 0.3) is 0 Å². The van der Waals surface area contributed by atoms with E-state index in [9.17, 15) is 0 Å². The predicted molar refractivity (Wildman–Crippen MR) is 80.3 cm³/mol. The van der Waals surface area contributed by atoms with Crippen molar-refractivity contribution in [1.29, 1.82) is 0 Å². The van der Waals surface area contributed by atoms with Crippen LogP contribution < -0.4 is 5.73 Å². The van der Waals surface area contributed by atoms with E-state index >= 15 is 0 Å². The van der Waals surface area contributed by atoms with Crippen molar-refractivity contribution < 1.29 is 16.4 Å². The van der Waals surface area contributed by atoms with E-state index in [0.717, 1.165) is 11.0 Å². The number of hydrogen-bond acceptors (Lipinski definition) is 2. The Bertz CT molecular complexity index is 341. The highest BCUT2D eigenvalue weighted by Gasteiger charge is 1.94. The zero-order valence-corrected chi connectivity index (χ0v) is 11.7. The first kappa shape index (κ1) is 36.0. The van der Waals surface area contributed by atoms with Gasteiger partial charge in [0.1, 0.15) is 0 Å². The molecule has 0 saturated heterocycles. The SMILES string of the molecule is Cl.Cl.Cl.Cl.Nc1nc2ccccc2[nH]1.O.O.O. The third-order valence-corrected chi connectivity index (χ3v) is 1.41. The molecule has 17 heavy (non-hydrogen) atoms. The molecule has 2 rings (SSSR count). The molecule has 10 heteroatoms. The number of halogens is 4. The van der Waals surface area contributed by atoms with Gasteiger partial charge in [-0.2, -0.15) is 0 Å². The second-order valence-corrected chi connectivity index (χ2v) is 2.14. The van der Waals surface area contributed by atoms with Crippen LogP contribution in [0.25, 0.3) is 11.0 Å². The van der Waals surface area contributed by atoms with Crippen LogP contribution >= 0.6 is 49.6 Å². The van der Waals surface area contributed by atoms with E-state index in [0.29, 0.717) is 5.95 Å². The highest BCUT2D eigenvalue weighted by atomic mass is 35.5. The molecule has 0 unspecified atom stereocenters. The van der Waals surface area contributed by atoms with Gasteiger partial charge >= 0.3 is 0 Å². The van der Waals surface area contributed by atoms with Gasteiger partial charge in [-0.15, -0.1) is 49.6 Å². The van der Waals surface area contributed by atoms with Crippen LogP contribution in [-0.4, -0.2) is 26.4 Å². The lowest BCUT2D eigenvalue weighted by Crippen LogP contribution is -1.84. The molecule has 9 N–H and O–H groups in total. The Morgan fingerprint density at radius 1 is 0.882 bits per heavy atom. The molecule has 0 atom stereocenters. The summed E-state index contributed by atoms with van der Waals surface area (Å²) in [5.41, 5.74) is 7.33. The Kier molecular flexibility index (Phi) is 32.8. The third-order valence-electron chi connectivity index (χ3n) is 1.41. The van der Waals surface area contributed by atoms with Crippen LogP contribution in [0.3, 0.4) is 0 Å². The first-order chi connectivity index (χ1) is 4.86. The summed E-state index contributed by atoms with van der Waals surface area (Å²) in [5.74, 6) is 0.473. The van der Waals surface area contributed by atoms with Crippen molar-refractivity contribution >= 4 is 66.6 Å². The van der Waals surface area contributed by atoms with Gasteiger partial charge in [-0.3, -0.25) is 0 Å². The summed E-state index contributed by atoms with van der Waals surface area (Å²) in [7, 11) is 0. The molecule has 0 amide bonds. The van der Waals surface area contributed by atoms with Gasteiger partial charge < -0.3 is 27.1 Å². The number of benzene rings is 1. The van der Waals surface area contributed by atoms with Crippen molar-refractivity contribution in [2.45, 2.75) is 0 Å². The smallest absolute Gasteiger partial charge is 0.198 e. The van der Waals surface area contributed by atoms with Crippen molar-refractivity contribution in [3.05, 3.63) is 24.3 Å². The molecule has 1 heterocycles. The summed E-state index contributed by atoms with van der Waals surface area (Å²) in [5, 5.41) is 0. The monoisotopic (exact) mass is 331 g/mol. The molecule has 2 aromatic rings. The van der Waals surface area contributed by atoms with E-state index in [2.05, 4.69) is 9.97 Å². The number of imidazole rings is 1. The first-order valence-electron chi connectivity index (χ1n) is 3.06. The third kappa shape index (κ3) is 8.28. The number of para-hydroxylation sites is 2. The van der Waals surface area contributed by atoms with Crippen LogP contribution in [0.5, 0.6) is 0 Å². The zero-order chi connectivity index (χ0) is 6.97. The van der Waals surface area contributed by atoms with Crippen LogP contribution in [-0.2, 0) is 0 Å². The van der Waals surface area contributed by atoms with E-state index in [4.69, 9.17) is 5.73 Å². The number of aromatic nitrogens is 2. The van der Waals surface area contributed by atoms with Crippen LogP contribution in [0, 0.1) is 0 Å². The summed E-state index contributed by atoms with van der Waals surface area (Å²) < 4.78 is 0. The average molecular weight is 333 g/mol. The van der Waals surface area contributed by atoms with Gasteiger partial charge in [-0.1, -0.05) is 12.1 Å². The maximum absolute atomic E-state index is 5.42. The largest absolute Gasteiger partial charge is 0.412 e. The van der Waals surface area contributed by atoms with E-state index < -0.39 is 0 Å². The van der Waals surface area contributed by atoms with E-state index in [-0.39, 0.29) is 66.1 Å². The Labute approximate surface area is 123 Å². The van der Waals surface area contributed by atoms with Crippen LogP contribution in [0.15, 0.2) is 24.3 Å². The number of rotatable bonds is 0. The van der Waals surface area contributed by atoms with Crippen molar-refractivity contribution in [2.24, 2.45) is 0 Å². The number of nitrogen functional groups attached to an aromatic ring is 1. The fourth-order valence-corrected chi connectivity index (χ4v) is 0.973. The molecule has 0 spiro atoms. The molecule has 1 aromatic carbocycles. The van der Waals surface area contributed by atoms with Crippen LogP contribution in [0.2, 0.25) is 0 Å². The molecular weight excluding hydrogens is 316 g/mol. The standard InChI is InChI=1S/C7H7N3.4ClH.3H2O/c8-7-9-5-3-1-2-4-6(5)10-7;;;;;;;/h1-4H,(H3,8,9,10);4*1H;3*1H2. The van der Waals surface area contributed by atoms with Gasteiger partial charge in [0.15, 0.2) is 5.95 Å². The number of nitrogens with two attached hydrogens (primary N) is 1. The molecule has 0 aliphatic rings. The minimum absolute atomic E-state index is 0. The number of H-pyrrole nitrogens is 1. The Balaban J connectivity index is -0.0000000432. The summed E-state index contributed by atoms with van der Waals surface area (Å²) >= 11 is 0. The highest BCUT2D eigenvalue weighted by molar-refractivity contribution is 5.86. The first-order valence-corrected chi connectivity index (χ1v) is 3.06. The number of anilines is 1. The molecular formula is C7H17Cl4N3O3. The maximum atomic E-state index is 5.42. The number of nitrogens with zero attached hydrogens (tertiary/aromatic N) is 1. The normalized spacial score (nSPS) is 6.12. The van der Waals surface area contributed by atoms with E-state index in [1.807, 2.05) is 24.3 Å². The number of aromatic amines is 1. The maximum Gasteiger partial charge on any atom is 0.198 e. The van der Waals surface area contributed by atoms with Crippen molar-refractivity contribution in [2.75, 3.05) is 5.73 Å².